The van der Waals surface area contributed by atoms with Gasteiger partial charge in [0.1, 0.15) is 5.82 Å². The molecule has 0 unspecified atom stereocenters. The van der Waals surface area contributed by atoms with E-state index in [4.69, 9.17) is 11.6 Å². The van der Waals surface area contributed by atoms with Gasteiger partial charge in [-0.1, -0.05) is 12.2 Å². The van der Waals surface area contributed by atoms with Crippen molar-refractivity contribution < 1.29 is 9.18 Å². The molecule has 0 saturated heterocycles. The summed E-state index contributed by atoms with van der Waals surface area (Å²) in [6.07, 6.45) is 3.49. The lowest BCUT2D eigenvalue weighted by Crippen LogP contribution is -2.23. The molecule has 0 aromatic heterocycles. The Kier molecular flexibility index (Phi) is 5.49. The molecule has 0 bridgehead atoms. The topological polar surface area (TPSA) is 29.1 Å². The molecule has 0 saturated carbocycles. The Labute approximate surface area is 107 Å². The van der Waals surface area contributed by atoms with E-state index in [0.717, 1.165) is 0 Å². The molecule has 1 aromatic carbocycles. The molecule has 0 spiro atoms. The molecule has 5 heteroatoms. The lowest BCUT2D eigenvalue weighted by atomic mass is 10.2. The van der Waals surface area contributed by atoms with Gasteiger partial charge in [0.05, 0.1) is 4.47 Å². The lowest BCUT2D eigenvalue weighted by molar-refractivity contribution is 0.0958. The first-order valence-corrected chi connectivity index (χ1v) is 5.92. The number of carbonyl (C=O) groups is 1. The Bertz CT molecular complexity index is 409. The van der Waals surface area contributed by atoms with Gasteiger partial charge < -0.3 is 5.32 Å². The summed E-state index contributed by atoms with van der Waals surface area (Å²) in [5, 5.41) is 2.65. The molecule has 0 aliphatic rings. The third kappa shape index (κ3) is 3.94. The Balaban J connectivity index is 2.59. The Hall–Kier alpha value is -0.870. The second-order valence-electron chi connectivity index (χ2n) is 2.96. The van der Waals surface area contributed by atoms with E-state index in [0.29, 0.717) is 18.0 Å². The van der Waals surface area contributed by atoms with Crippen LogP contribution in [0, 0.1) is 5.82 Å². The first-order chi connectivity index (χ1) is 7.65. The monoisotopic (exact) mass is 305 g/mol. The maximum absolute atomic E-state index is 12.9. The summed E-state index contributed by atoms with van der Waals surface area (Å²) >= 11 is 8.45. The van der Waals surface area contributed by atoms with E-state index in [1.165, 1.54) is 18.2 Å². The molecule has 1 amide bonds. The van der Waals surface area contributed by atoms with Gasteiger partial charge in [0.15, 0.2) is 0 Å². The van der Waals surface area contributed by atoms with Crippen LogP contribution in [0.3, 0.4) is 0 Å². The van der Waals surface area contributed by atoms with Crippen LogP contribution in [-0.4, -0.2) is 18.3 Å². The van der Waals surface area contributed by atoms with Crippen molar-refractivity contribution in [3.05, 3.63) is 46.2 Å². The van der Waals surface area contributed by atoms with Crippen LogP contribution >= 0.6 is 27.5 Å². The maximum atomic E-state index is 12.9. The molecule has 16 heavy (non-hydrogen) atoms. The fourth-order valence-electron chi connectivity index (χ4n) is 1.04. The molecule has 0 aliphatic heterocycles. The fourth-order valence-corrected chi connectivity index (χ4v) is 1.54. The van der Waals surface area contributed by atoms with Crippen LogP contribution in [0.2, 0.25) is 0 Å². The van der Waals surface area contributed by atoms with Crippen molar-refractivity contribution in [2.24, 2.45) is 0 Å². The third-order valence-corrected chi connectivity index (χ3v) is 2.60. The number of rotatable bonds is 4. The van der Waals surface area contributed by atoms with Crippen LogP contribution in [0.5, 0.6) is 0 Å². The summed E-state index contributed by atoms with van der Waals surface area (Å²) in [7, 11) is 0. The first-order valence-electron chi connectivity index (χ1n) is 4.59. The van der Waals surface area contributed by atoms with Gasteiger partial charge in [-0.15, -0.1) is 11.6 Å². The molecule has 0 heterocycles. The predicted octanol–water partition coefficient (Wildman–Crippen LogP) is 3.11. The second-order valence-corrected chi connectivity index (χ2v) is 4.13. The van der Waals surface area contributed by atoms with Gasteiger partial charge >= 0.3 is 0 Å². The normalized spacial score (nSPS) is 10.7. The van der Waals surface area contributed by atoms with E-state index in [2.05, 4.69) is 21.2 Å². The lowest BCUT2D eigenvalue weighted by Gasteiger charge is -2.03. The minimum absolute atomic E-state index is 0.250. The van der Waals surface area contributed by atoms with Crippen molar-refractivity contribution >= 4 is 33.4 Å². The summed E-state index contributed by atoms with van der Waals surface area (Å²) in [6.45, 7) is 0.403. The number of alkyl halides is 1. The molecule has 1 N–H and O–H groups in total. The molecule has 1 rings (SSSR count). The van der Waals surface area contributed by atoms with E-state index in [1.807, 2.05) is 0 Å². The number of hydrogen-bond acceptors (Lipinski definition) is 1. The maximum Gasteiger partial charge on any atom is 0.251 e. The molecule has 0 fully saturated rings. The molecule has 1 aromatic rings. The van der Waals surface area contributed by atoms with Crippen molar-refractivity contribution in [3.8, 4) is 0 Å². The van der Waals surface area contributed by atoms with Crippen molar-refractivity contribution in [2.45, 2.75) is 0 Å². The number of carbonyl (C=O) groups excluding carboxylic acids is 1. The highest BCUT2D eigenvalue weighted by Crippen LogP contribution is 2.16. The quantitative estimate of drug-likeness (QED) is 0.672. The number of halogens is 3. The minimum atomic E-state index is -0.390. The van der Waals surface area contributed by atoms with Crippen LogP contribution < -0.4 is 5.32 Å². The summed E-state index contributed by atoms with van der Waals surface area (Å²) in [6, 6.07) is 4.12. The van der Waals surface area contributed by atoms with Crippen LogP contribution in [0.25, 0.3) is 0 Å². The summed E-state index contributed by atoms with van der Waals surface area (Å²) in [4.78, 5) is 11.6. The molecule has 0 radical (unpaired) electrons. The molecule has 2 nitrogen and oxygen atoms in total. The van der Waals surface area contributed by atoms with Crippen molar-refractivity contribution in [1.82, 2.24) is 5.32 Å². The third-order valence-electron chi connectivity index (χ3n) is 1.82. The van der Waals surface area contributed by atoms with E-state index in [1.54, 1.807) is 12.2 Å². The Morgan fingerprint density at radius 1 is 1.50 bits per heavy atom. The number of benzene rings is 1. The number of nitrogens with one attached hydrogen (secondary N) is 1. The Morgan fingerprint density at radius 3 is 2.88 bits per heavy atom. The zero-order valence-corrected chi connectivity index (χ0v) is 10.7. The number of hydrogen-bond donors (Lipinski definition) is 1. The highest BCUT2D eigenvalue weighted by atomic mass is 79.9. The van der Waals surface area contributed by atoms with Gasteiger partial charge in [-0.3, -0.25) is 4.79 Å². The SMILES string of the molecule is O=C(NC/C=C/CCl)c1ccc(F)c(Br)c1. The second kappa shape index (κ2) is 6.66. The molecular formula is C11H10BrClFNO. The predicted molar refractivity (Wildman–Crippen MR) is 66.3 cm³/mol. The average molecular weight is 307 g/mol. The molecular weight excluding hydrogens is 296 g/mol. The highest BCUT2D eigenvalue weighted by Gasteiger charge is 2.06. The molecule has 0 atom stereocenters. The van der Waals surface area contributed by atoms with Crippen molar-refractivity contribution in [1.29, 1.82) is 0 Å². The van der Waals surface area contributed by atoms with Crippen LogP contribution in [0.15, 0.2) is 34.8 Å². The van der Waals surface area contributed by atoms with Crippen LogP contribution in [0.1, 0.15) is 10.4 Å². The smallest absolute Gasteiger partial charge is 0.251 e. The average Bonchev–Trinajstić information content (AvgIpc) is 2.28. The van der Waals surface area contributed by atoms with Crippen molar-refractivity contribution in [3.63, 3.8) is 0 Å². The first kappa shape index (κ1) is 13.2. The summed E-state index contributed by atoms with van der Waals surface area (Å²) in [5.41, 5.74) is 0.410. The number of allylic oxidation sites excluding steroid dienone is 1. The van der Waals surface area contributed by atoms with Gasteiger partial charge in [0.25, 0.3) is 5.91 Å². The standard InChI is InChI=1S/C11H10BrClFNO/c12-9-7-8(3-4-10(9)14)11(16)15-6-2-1-5-13/h1-4,7H,5-6H2,(H,15,16)/b2-1+. The van der Waals surface area contributed by atoms with E-state index >= 15 is 0 Å². The number of amides is 1. The van der Waals surface area contributed by atoms with Gasteiger partial charge in [-0.05, 0) is 34.1 Å². The molecule has 86 valence electrons. The van der Waals surface area contributed by atoms with Gasteiger partial charge in [-0.2, -0.15) is 0 Å². The van der Waals surface area contributed by atoms with Gasteiger partial charge in [0.2, 0.25) is 0 Å². The zero-order valence-electron chi connectivity index (χ0n) is 8.34. The largest absolute Gasteiger partial charge is 0.349 e. The fraction of sp³-hybridized carbons (Fsp3) is 0.182. The van der Waals surface area contributed by atoms with Crippen molar-refractivity contribution in [2.75, 3.05) is 12.4 Å². The van der Waals surface area contributed by atoms with Crippen LogP contribution in [-0.2, 0) is 0 Å². The van der Waals surface area contributed by atoms with E-state index < -0.39 is 5.82 Å². The highest BCUT2D eigenvalue weighted by molar-refractivity contribution is 9.10. The Morgan fingerprint density at radius 2 is 2.25 bits per heavy atom. The van der Waals surface area contributed by atoms with Gasteiger partial charge in [-0.25, -0.2) is 4.39 Å². The summed E-state index contributed by atoms with van der Waals surface area (Å²) in [5.74, 6) is -0.226. The van der Waals surface area contributed by atoms with Crippen LogP contribution in [0.4, 0.5) is 4.39 Å². The van der Waals surface area contributed by atoms with E-state index in [9.17, 15) is 9.18 Å². The zero-order chi connectivity index (χ0) is 12.0. The minimum Gasteiger partial charge on any atom is -0.349 e. The van der Waals surface area contributed by atoms with E-state index in [-0.39, 0.29) is 10.4 Å². The molecule has 0 aliphatic carbocycles. The summed E-state index contributed by atoms with van der Waals surface area (Å²) < 4.78 is 13.2. The van der Waals surface area contributed by atoms with Gasteiger partial charge in [0, 0.05) is 18.0 Å².